The second-order valence-electron chi connectivity index (χ2n) is 3.38. The van der Waals surface area contributed by atoms with Gasteiger partial charge in [0.05, 0.1) is 0 Å². The topological polar surface area (TPSA) is 0 Å². The van der Waals surface area contributed by atoms with E-state index >= 15 is 0 Å². The summed E-state index contributed by atoms with van der Waals surface area (Å²) in [6, 6.07) is 0. The van der Waals surface area contributed by atoms with Gasteiger partial charge in [0.2, 0.25) is 0 Å². The van der Waals surface area contributed by atoms with Gasteiger partial charge in [-0.15, -0.1) is 0 Å². The van der Waals surface area contributed by atoms with Crippen molar-refractivity contribution in [1.29, 1.82) is 0 Å². The largest absolute Gasteiger partial charge is 0.0587 e. The van der Waals surface area contributed by atoms with E-state index < -0.39 is 0 Å². The Balaban J connectivity index is 1.99. The molecular formula is C13H6. The summed E-state index contributed by atoms with van der Waals surface area (Å²) in [5, 5.41) is 0. The average molecular weight is 162 g/mol. The fourth-order valence-corrected chi connectivity index (χ4v) is 1.19. The highest BCUT2D eigenvalue weighted by atomic mass is 14.4. The lowest BCUT2D eigenvalue weighted by Gasteiger charge is -2.35. The van der Waals surface area contributed by atoms with Crippen LogP contribution in [0.4, 0.5) is 0 Å². The Morgan fingerprint density at radius 3 is 1.31 bits per heavy atom. The molecule has 2 aliphatic rings. The van der Waals surface area contributed by atoms with Crippen molar-refractivity contribution >= 4 is 0 Å². The van der Waals surface area contributed by atoms with E-state index in [1.54, 1.807) is 0 Å². The van der Waals surface area contributed by atoms with Gasteiger partial charge < -0.3 is 0 Å². The minimum Gasteiger partial charge on any atom is -0.0587 e. The molecule has 18 radical (unpaired) electrons. The maximum atomic E-state index is 2.96. The van der Waals surface area contributed by atoms with Crippen molar-refractivity contribution in [2.75, 3.05) is 0 Å². The number of hydrogen-bond acceptors (Lipinski definition) is 0. The van der Waals surface area contributed by atoms with E-state index in [4.69, 9.17) is 0 Å². The van der Waals surface area contributed by atoms with Crippen molar-refractivity contribution < 1.29 is 0 Å². The summed E-state index contributed by atoms with van der Waals surface area (Å²) in [5.41, 5.74) is -0.201. The molecule has 0 N–H and O–H groups in total. The van der Waals surface area contributed by atoms with Gasteiger partial charge in [-0.1, -0.05) is 13.8 Å². The molecule has 0 atom stereocenters. The normalized spacial score (nSPS) is 27.2. The van der Waals surface area contributed by atoms with Crippen LogP contribution in [0.1, 0.15) is 13.8 Å². The third-order valence-electron chi connectivity index (χ3n) is 2.12. The molecule has 0 aromatic carbocycles. The van der Waals surface area contributed by atoms with Gasteiger partial charge in [-0.05, 0) is 68.6 Å². The van der Waals surface area contributed by atoms with Crippen LogP contribution in [0.15, 0.2) is 0 Å². The third kappa shape index (κ3) is 1.78. The van der Waals surface area contributed by atoms with Crippen LogP contribution in [0.3, 0.4) is 0 Å². The van der Waals surface area contributed by atoms with Crippen LogP contribution in [0, 0.1) is 68.6 Å². The van der Waals surface area contributed by atoms with E-state index in [1.807, 2.05) is 0 Å². The molecule has 0 aliphatic heterocycles. The maximum Gasteiger partial charge on any atom is -0.00000117 e. The SMILES string of the molecule is CC(C)([C]1[C][C][C][C]1)[C]1[C][C][C][C]1. The van der Waals surface area contributed by atoms with Crippen LogP contribution in [0.5, 0.6) is 0 Å². The highest BCUT2D eigenvalue weighted by molar-refractivity contribution is 5.49. The van der Waals surface area contributed by atoms with Gasteiger partial charge in [0.25, 0.3) is 0 Å². The molecule has 0 aromatic rings. The Morgan fingerprint density at radius 2 is 1.00 bits per heavy atom. The molecule has 0 heteroatoms. The molecule has 0 amide bonds. The minimum atomic E-state index is -0.201. The van der Waals surface area contributed by atoms with E-state index in [9.17, 15) is 0 Å². The molecule has 0 unspecified atom stereocenters. The Hall–Kier alpha value is 0. The molecule has 0 saturated heterocycles. The molecule has 2 rings (SSSR count). The molecule has 2 aliphatic carbocycles. The van der Waals surface area contributed by atoms with Crippen LogP contribution >= 0.6 is 0 Å². The van der Waals surface area contributed by atoms with Gasteiger partial charge in [0.15, 0.2) is 0 Å². The lowest BCUT2D eigenvalue weighted by molar-refractivity contribution is 0.456. The van der Waals surface area contributed by atoms with Crippen molar-refractivity contribution in [1.82, 2.24) is 0 Å². The van der Waals surface area contributed by atoms with Crippen molar-refractivity contribution in [3.8, 4) is 0 Å². The first-order valence-electron chi connectivity index (χ1n) is 4.00. The standard InChI is InChI=1S/C13H6/c1-13(2,11-7-3-4-8-11)12-9-5-6-10-12/h1-2H3. The van der Waals surface area contributed by atoms with Gasteiger partial charge in [0.1, 0.15) is 0 Å². The summed E-state index contributed by atoms with van der Waals surface area (Å²) >= 11 is 0. The molecule has 2 saturated carbocycles. The number of hydrogen-bond donors (Lipinski definition) is 0. The maximum absolute atomic E-state index is 2.96. The fraction of sp³-hybridized carbons (Fsp3) is 0.231. The highest BCUT2D eigenvalue weighted by Gasteiger charge is 2.42. The van der Waals surface area contributed by atoms with Gasteiger partial charge in [-0.2, -0.15) is 0 Å². The van der Waals surface area contributed by atoms with E-state index in [2.05, 4.69) is 65.2 Å². The van der Waals surface area contributed by atoms with Gasteiger partial charge >= 0.3 is 0 Å². The predicted octanol–water partition coefficient (Wildman–Crippen LogP) is 1.84. The van der Waals surface area contributed by atoms with E-state index in [-0.39, 0.29) is 5.41 Å². The summed E-state index contributed by atoms with van der Waals surface area (Å²) in [5.74, 6) is 1.85. The first kappa shape index (κ1) is 9.55. The molecule has 0 heterocycles. The summed E-state index contributed by atoms with van der Waals surface area (Å²) in [7, 11) is 0. The summed E-state index contributed by atoms with van der Waals surface area (Å²) in [4.78, 5) is 0. The van der Waals surface area contributed by atoms with Crippen molar-refractivity contribution in [2.45, 2.75) is 13.8 Å². The lowest BCUT2D eigenvalue weighted by Crippen LogP contribution is -2.27. The molecule has 58 valence electrons. The zero-order chi connectivity index (χ0) is 9.31. The van der Waals surface area contributed by atoms with E-state index in [0.29, 0.717) is 0 Å². The first-order chi connectivity index (χ1) is 6.21. The van der Waals surface area contributed by atoms with Crippen LogP contribution in [0.25, 0.3) is 0 Å². The first-order valence-corrected chi connectivity index (χ1v) is 4.00. The van der Waals surface area contributed by atoms with Crippen molar-refractivity contribution in [3.63, 3.8) is 0 Å². The zero-order valence-electron chi connectivity index (χ0n) is 7.50. The molecule has 0 spiro atoms. The molecule has 0 bridgehead atoms. The van der Waals surface area contributed by atoms with E-state index in [1.165, 1.54) is 0 Å². The minimum absolute atomic E-state index is 0.201. The number of rotatable bonds is 2. The average Bonchev–Trinajstić information content (AvgIpc) is 2.78. The molecule has 13 heavy (non-hydrogen) atoms. The second kappa shape index (κ2) is 3.63. The monoisotopic (exact) mass is 162 g/mol. The molecule has 2 fully saturated rings. The Morgan fingerprint density at radius 1 is 0.692 bits per heavy atom. The Labute approximate surface area is 83.1 Å². The highest BCUT2D eigenvalue weighted by Crippen LogP contribution is 2.49. The van der Waals surface area contributed by atoms with Gasteiger partial charge in [-0.25, -0.2) is 0 Å². The Bertz CT molecular complexity index is 139. The van der Waals surface area contributed by atoms with Crippen LogP contribution < -0.4 is 0 Å². The van der Waals surface area contributed by atoms with Crippen LogP contribution in [-0.2, 0) is 0 Å². The van der Waals surface area contributed by atoms with Crippen molar-refractivity contribution in [2.24, 2.45) is 5.41 Å². The van der Waals surface area contributed by atoms with Gasteiger partial charge in [-0.3, -0.25) is 0 Å². The molecule has 0 aromatic heterocycles. The van der Waals surface area contributed by atoms with Crippen LogP contribution in [-0.4, -0.2) is 0 Å². The summed E-state index contributed by atoms with van der Waals surface area (Å²) in [6.45, 7) is 4.11. The zero-order valence-corrected chi connectivity index (χ0v) is 7.50. The lowest BCUT2D eigenvalue weighted by atomic mass is 9.68. The van der Waals surface area contributed by atoms with Crippen LogP contribution in [0.2, 0.25) is 0 Å². The second-order valence-corrected chi connectivity index (χ2v) is 3.38. The molecular weight excluding hydrogens is 156 g/mol. The predicted molar refractivity (Wildman–Crippen MR) is 46.2 cm³/mol. The van der Waals surface area contributed by atoms with E-state index in [0.717, 1.165) is 11.8 Å². The summed E-state index contributed by atoms with van der Waals surface area (Å²) in [6.07, 6.45) is 22.8. The smallest absolute Gasteiger partial charge is 0.00000117 e. The molecule has 0 nitrogen and oxygen atoms in total. The quantitative estimate of drug-likeness (QED) is 0.581. The summed E-state index contributed by atoms with van der Waals surface area (Å²) < 4.78 is 0. The third-order valence-corrected chi connectivity index (χ3v) is 2.12. The fourth-order valence-electron chi connectivity index (χ4n) is 1.19. The van der Waals surface area contributed by atoms with Crippen molar-refractivity contribution in [3.05, 3.63) is 63.2 Å². The van der Waals surface area contributed by atoms with Gasteiger partial charge in [0, 0.05) is 0 Å². The Kier molecular flexibility index (Phi) is 2.67.